The van der Waals surface area contributed by atoms with E-state index in [2.05, 4.69) is 39.6 Å². The lowest BCUT2D eigenvalue weighted by atomic mass is 10.1. The van der Waals surface area contributed by atoms with Crippen molar-refractivity contribution in [1.82, 2.24) is 5.32 Å². The Morgan fingerprint density at radius 3 is 2.11 bits per heavy atom. The molecular weight excluding hydrogens is 222 g/mol. The predicted molar refractivity (Wildman–Crippen MR) is 82.8 cm³/mol. The second-order valence-electron chi connectivity index (χ2n) is 4.83. The predicted octanol–water partition coefficient (Wildman–Crippen LogP) is 3.26. The van der Waals surface area contributed by atoms with Crippen LogP contribution in [0, 0.1) is 5.92 Å². The molecule has 0 saturated heterocycles. The summed E-state index contributed by atoms with van der Waals surface area (Å²) in [7, 11) is 0. The largest absolute Gasteiger partial charge is 0.402 e. The molecule has 0 aliphatic rings. The van der Waals surface area contributed by atoms with Gasteiger partial charge in [0.15, 0.2) is 0 Å². The summed E-state index contributed by atoms with van der Waals surface area (Å²) in [4.78, 5) is 0. The van der Waals surface area contributed by atoms with Gasteiger partial charge in [0.25, 0.3) is 0 Å². The molecule has 0 atom stereocenters. The highest BCUT2D eigenvalue weighted by Crippen LogP contribution is 2.01. The molecule has 0 aliphatic heterocycles. The van der Waals surface area contributed by atoms with Gasteiger partial charge >= 0.3 is 0 Å². The monoisotopic (exact) mass is 253 g/mol. The van der Waals surface area contributed by atoms with Gasteiger partial charge in [-0.15, -0.1) is 0 Å². The first-order chi connectivity index (χ1) is 8.34. The molecule has 0 spiro atoms. The van der Waals surface area contributed by atoms with Crippen LogP contribution in [0.3, 0.4) is 0 Å². The summed E-state index contributed by atoms with van der Waals surface area (Å²) in [5.41, 5.74) is 13.4. The number of hydrogen-bond acceptors (Lipinski definition) is 3. The molecule has 0 aromatic rings. The molecule has 0 aromatic carbocycles. The molecule has 0 fully saturated rings. The maximum atomic E-state index is 5.78. The standard InChI is InChI=1S/C12H23N3.C3H8/c1-9(2)7-8-15-11(4)12(14)6-5-10(3)13;1-3-2/h5-6,9,15H,4,7-8,13-14H2,1-3H3;3H2,1-2H3/b10-5-,12-6-;. The lowest BCUT2D eigenvalue weighted by molar-refractivity contribution is 0.565. The van der Waals surface area contributed by atoms with Crippen LogP contribution in [0.4, 0.5) is 0 Å². The first kappa shape index (κ1) is 19.0. The lowest BCUT2D eigenvalue weighted by Crippen LogP contribution is -2.20. The summed E-state index contributed by atoms with van der Waals surface area (Å²) in [6.07, 6.45) is 5.89. The molecular formula is C15H31N3. The van der Waals surface area contributed by atoms with Gasteiger partial charge in [0, 0.05) is 12.2 Å². The van der Waals surface area contributed by atoms with Crippen molar-refractivity contribution in [1.29, 1.82) is 0 Å². The molecule has 18 heavy (non-hydrogen) atoms. The van der Waals surface area contributed by atoms with Crippen molar-refractivity contribution in [3.05, 3.63) is 35.8 Å². The van der Waals surface area contributed by atoms with Gasteiger partial charge in [0.1, 0.15) is 0 Å². The Morgan fingerprint density at radius 1 is 1.22 bits per heavy atom. The zero-order chi connectivity index (χ0) is 14.6. The number of rotatable bonds is 6. The van der Waals surface area contributed by atoms with Gasteiger partial charge in [0.2, 0.25) is 0 Å². The van der Waals surface area contributed by atoms with Crippen molar-refractivity contribution in [2.24, 2.45) is 17.4 Å². The Kier molecular flexibility index (Phi) is 12.7. The van der Waals surface area contributed by atoms with Crippen molar-refractivity contribution in [2.75, 3.05) is 6.54 Å². The Morgan fingerprint density at radius 2 is 1.72 bits per heavy atom. The summed E-state index contributed by atoms with van der Waals surface area (Å²) in [6, 6.07) is 0. The van der Waals surface area contributed by atoms with E-state index in [1.807, 2.05) is 6.92 Å². The fourth-order valence-corrected chi connectivity index (χ4v) is 0.936. The third kappa shape index (κ3) is 14.6. The normalized spacial score (nSPS) is 11.9. The molecule has 0 amide bonds. The Bertz CT molecular complexity index is 271. The highest BCUT2D eigenvalue weighted by atomic mass is 14.9. The van der Waals surface area contributed by atoms with Gasteiger partial charge in [-0.2, -0.15) is 0 Å². The van der Waals surface area contributed by atoms with Crippen LogP contribution in [-0.2, 0) is 0 Å². The molecule has 0 heterocycles. The van der Waals surface area contributed by atoms with Crippen LogP contribution in [0.1, 0.15) is 47.5 Å². The van der Waals surface area contributed by atoms with Crippen LogP contribution in [0.15, 0.2) is 35.8 Å². The average Bonchev–Trinajstić information content (AvgIpc) is 2.26. The Balaban J connectivity index is 0. The van der Waals surface area contributed by atoms with Gasteiger partial charge in [-0.1, -0.05) is 40.7 Å². The molecule has 0 aromatic heterocycles. The quantitative estimate of drug-likeness (QED) is 0.637. The SMILES string of the molecule is C=C(NCCC(C)C)/C(N)=C/C=C(/C)N.CCC. The third-order valence-corrected chi connectivity index (χ3v) is 1.93. The fourth-order valence-electron chi connectivity index (χ4n) is 0.936. The van der Waals surface area contributed by atoms with E-state index in [9.17, 15) is 0 Å². The van der Waals surface area contributed by atoms with Gasteiger partial charge in [-0.3, -0.25) is 0 Å². The van der Waals surface area contributed by atoms with E-state index in [0.717, 1.165) is 24.4 Å². The first-order valence-electron chi connectivity index (χ1n) is 6.67. The minimum atomic E-state index is 0.628. The average molecular weight is 253 g/mol. The van der Waals surface area contributed by atoms with E-state index in [4.69, 9.17) is 11.5 Å². The van der Waals surface area contributed by atoms with Crippen LogP contribution in [0.5, 0.6) is 0 Å². The van der Waals surface area contributed by atoms with Crippen molar-refractivity contribution < 1.29 is 0 Å². The van der Waals surface area contributed by atoms with Gasteiger partial charge in [0.05, 0.1) is 11.4 Å². The summed E-state index contributed by atoms with van der Waals surface area (Å²) in [6.45, 7) is 15.2. The van der Waals surface area contributed by atoms with Crippen LogP contribution >= 0.6 is 0 Å². The van der Waals surface area contributed by atoms with E-state index in [-0.39, 0.29) is 0 Å². The Labute approximate surface area is 113 Å². The molecule has 3 nitrogen and oxygen atoms in total. The fraction of sp³-hybridized carbons (Fsp3) is 0.600. The maximum absolute atomic E-state index is 5.78. The minimum Gasteiger partial charge on any atom is -0.402 e. The zero-order valence-corrected chi connectivity index (χ0v) is 12.7. The topological polar surface area (TPSA) is 64.1 Å². The molecule has 0 aliphatic carbocycles. The lowest BCUT2D eigenvalue weighted by Gasteiger charge is -2.10. The van der Waals surface area contributed by atoms with Crippen LogP contribution in [0.25, 0.3) is 0 Å². The molecule has 0 rings (SSSR count). The molecule has 0 unspecified atom stereocenters. The maximum Gasteiger partial charge on any atom is 0.0544 e. The number of allylic oxidation sites excluding steroid dienone is 3. The van der Waals surface area contributed by atoms with E-state index in [1.165, 1.54) is 6.42 Å². The first-order valence-corrected chi connectivity index (χ1v) is 6.67. The summed E-state index contributed by atoms with van der Waals surface area (Å²) in [5.74, 6) is 0.682. The second kappa shape index (κ2) is 12.1. The highest BCUT2D eigenvalue weighted by Gasteiger charge is 1.97. The summed E-state index contributed by atoms with van der Waals surface area (Å²) in [5, 5.41) is 3.18. The van der Waals surface area contributed by atoms with Crippen molar-refractivity contribution in [3.63, 3.8) is 0 Å². The van der Waals surface area contributed by atoms with Crippen molar-refractivity contribution in [2.45, 2.75) is 47.5 Å². The van der Waals surface area contributed by atoms with Crippen LogP contribution in [-0.4, -0.2) is 6.54 Å². The molecule has 0 radical (unpaired) electrons. The van der Waals surface area contributed by atoms with Gasteiger partial charge in [-0.25, -0.2) is 0 Å². The second-order valence-corrected chi connectivity index (χ2v) is 4.83. The summed E-state index contributed by atoms with van der Waals surface area (Å²) < 4.78 is 0. The van der Waals surface area contributed by atoms with Crippen molar-refractivity contribution in [3.8, 4) is 0 Å². The highest BCUT2D eigenvalue weighted by molar-refractivity contribution is 5.28. The Hall–Kier alpha value is -1.38. The van der Waals surface area contributed by atoms with Crippen molar-refractivity contribution >= 4 is 0 Å². The van der Waals surface area contributed by atoms with E-state index in [0.29, 0.717) is 11.6 Å². The molecule has 106 valence electrons. The third-order valence-electron chi connectivity index (χ3n) is 1.93. The van der Waals surface area contributed by atoms with Gasteiger partial charge in [-0.05, 0) is 31.4 Å². The number of hydrogen-bond donors (Lipinski definition) is 3. The zero-order valence-electron chi connectivity index (χ0n) is 12.7. The van der Waals surface area contributed by atoms with E-state index >= 15 is 0 Å². The minimum absolute atomic E-state index is 0.628. The van der Waals surface area contributed by atoms with Crippen LogP contribution in [0.2, 0.25) is 0 Å². The molecule has 0 saturated carbocycles. The van der Waals surface area contributed by atoms with E-state index in [1.54, 1.807) is 12.2 Å². The smallest absolute Gasteiger partial charge is 0.0544 e. The number of nitrogens with one attached hydrogen (secondary N) is 1. The molecule has 5 N–H and O–H groups in total. The van der Waals surface area contributed by atoms with Gasteiger partial charge < -0.3 is 16.8 Å². The van der Waals surface area contributed by atoms with E-state index < -0.39 is 0 Å². The molecule has 0 bridgehead atoms. The summed E-state index contributed by atoms with van der Waals surface area (Å²) >= 11 is 0. The number of nitrogens with two attached hydrogens (primary N) is 2. The van der Waals surface area contributed by atoms with Crippen LogP contribution < -0.4 is 16.8 Å². The molecule has 3 heteroatoms.